The lowest BCUT2D eigenvalue weighted by Gasteiger charge is -2.26. The number of allylic oxidation sites excluding steroid dienone is 11. The van der Waals surface area contributed by atoms with E-state index in [1.54, 1.807) is 6.08 Å². The standard InChI is InChI=1S/C29H46NO5/c1-5-6-7-8-9-10-11-12-13-14-15-16-17-18-19-20-21-22-23-28(32)34-26-35-29(33)24-27(31)25-30(2,3)4/h6-7,9-10,12-13,15-16,18-19,21-22,27,31H,5,8,11,14,17,20,23-26H2,1-4H3/q+1. The van der Waals surface area contributed by atoms with Crippen LogP contribution >= 0.6 is 0 Å². The highest BCUT2D eigenvalue weighted by Gasteiger charge is 2.19. The summed E-state index contributed by atoms with van der Waals surface area (Å²) in [6.07, 6.45) is 30.0. The molecule has 1 N–H and O–H groups in total. The van der Waals surface area contributed by atoms with Crippen LogP contribution < -0.4 is 0 Å². The zero-order valence-electron chi connectivity index (χ0n) is 22.1. The number of carbonyl (C=O) groups is 2. The monoisotopic (exact) mass is 488 g/mol. The summed E-state index contributed by atoms with van der Waals surface area (Å²) >= 11 is 0. The fourth-order valence-corrected chi connectivity index (χ4v) is 2.87. The molecule has 1 unspecified atom stereocenters. The van der Waals surface area contributed by atoms with Crippen molar-refractivity contribution < 1.29 is 28.7 Å². The maximum atomic E-state index is 11.7. The first-order valence-corrected chi connectivity index (χ1v) is 12.4. The summed E-state index contributed by atoms with van der Waals surface area (Å²) in [5.41, 5.74) is 0. The zero-order chi connectivity index (χ0) is 26.2. The molecule has 0 saturated carbocycles. The molecule has 0 fully saturated rings. The van der Waals surface area contributed by atoms with Gasteiger partial charge in [-0.05, 0) is 38.5 Å². The quantitative estimate of drug-likeness (QED) is 0.111. The number of esters is 2. The third-order valence-corrected chi connectivity index (χ3v) is 4.48. The van der Waals surface area contributed by atoms with Crippen molar-refractivity contribution in [2.45, 2.75) is 64.4 Å². The molecule has 0 aromatic carbocycles. The van der Waals surface area contributed by atoms with E-state index in [1.165, 1.54) is 0 Å². The average Bonchev–Trinajstić information content (AvgIpc) is 2.77. The van der Waals surface area contributed by atoms with Gasteiger partial charge >= 0.3 is 11.9 Å². The van der Waals surface area contributed by atoms with Crippen LogP contribution in [0.1, 0.15) is 58.3 Å². The van der Waals surface area contributed by atoms with E-state index in [-0.39, 0.29) is 12.8 Å². The van der Waals surface area contributed by atoms with Gasteiger partial charge < -0.3 is 19.1 Å². The van der Waals surface area contributed by atoms with Crippen LogP contribution in [0.4, 0.5) is 0 Å². The number of rotatable bonds is 19. The van der Waals surface area contributed by atoms with Crippen LogP contribution in [0.15, 0.2) is 72.9 Å². The number of nitrogens with zero attached hydrogens (tertiary/aromatic N) is 1. The van der Waals surface area contributed by atoms with Gasteiger partial charge in [0, 0.05) is 0 Å². The molecule has 0 aliphatic rings. The van der Waals surface area contributed by atoms with Gasteiger partial charge in [0.25, 0.3) is 0 Å². The fraction of sp³-hybridized carbons (Fsp3) is 0.517. The second kappa shape index (κ2) is 21.8. The predicted molar refractivity (Wildman–Crippen MR) is 143 cm³/mol. The Morgan fingerprint density at radius 3 is 1.51 bits per heavy atom. The first-order valence-electron chi connectivity index (χ1n) is 12.4. The molecule has 0 aliphatic carbocycles. The minimum Gasteiger partial charge on any atom is -0.428 e. The SMILES string of the molecule is CCC=CCC=CCC=CCC=CCC=CCC=CCC(=O)OCOC(=O)CC(O)C[N+](C)(C)C. The topological polar surface area (TPSA) is 72.8 Å². The first kappa shape index (κ1) is 32.3. The lowest BCUT2D eigenvalue weighted by molar-refractivity contribution is -0.873. The van der Waals surface area contributed by atoms with E-state index in [1.807, 2.05) is 33.3 Å². The van der Waals surface area contributed by atoms with Gasteiger partial charge in [-0.1, -0.05) is 79.8 Å². The Labute approximate surface area is 212 Å². The van der Waals surface area contributed by atoms with Crippen LogP contribution in [-0.4, -0.2) is 62.1 Å². The molecule has 0 amide bonds. The molecule has 0 aliphatic heterocycles. The number of ether oxygens (including phenoxy) is 2. The van der Waals surface area contributed by atoms with E-state index in [0.717, 1.165) is 38.5 Å². The number of carbonyl (C=O) groups excluding carboxylic acids is 2. The van der Waals surface area contributed by atoms with Crippen LogP contribution in [0.5, 0.6) is 0 Å². The molecule has 0 aromatic rings. The number of likely N-dealkylation sites (N-methyl/N-ethyl adjacent to an activating group) is 1. The second-order valence-electron chi connectivity index (χ2n) is 9.10. The number of quaternary nitrogens is 1. The average molecular weight is 489 g/mol. The Balaban J connectivity index is 3.75. The van der Waals surface area contributed by atoms with Crippen molar-refractivity contribution in [2.24, 2.45) is 0 Å². The van der Waals surface area contributed by atoms with Crippen LogP contribution in [0.25, 0.3) is 0 Å². The largest absolute Gasteiger partial charge is 0.428 e. The highest BCUT2D eigenvalue weighted by Crippen LogP contribution is 2.02. The molecule has 0 saturated heterocycles. The minimum absolute atomic E-state index is 0.117. The van der Waals surface area contributed by atoms with Crippen molar-refractivity contribution >= 4 is 11.9 Å². The Hall–Kier alpha value is -2.70. The van der Waals surface area contributed by atoms with E-state index in [4.69, 9.17) is 9.47 Å². The maximum absolute atomic E-state index is 11.7. The van der Waals surface area contributed by atoms with E-state index >= 15 is 0 Å². The molecular formula is C29H46NO5+. The molecule has 0 radical (unpaired) electrons. The normalized spacial score (nSPS) is 13.9. The highest BCUT2D eigenvalue weighted by atomic mass is 16.7. The molecule has 0 bridgehead atoms. The Morgan fingerprint density at radius 2 is 1.09 bits per heavy atom. The van der Waals surface area contributed by atoms with Crippen molar-refractivity contribution in [2.75, 3.05) is 34.5 Å². The minimum atomic E-state index is -0.794. The lowest BCUT2D eigenvalue weighted by Crippen LogP contribution is -2.42. The molecule has 0 heterocycles. The third-order valence-electron chi connectivity index (χ3n) is 4.48. The van der Waals surface area contributed by atoms with Crippen molar-refractivity contribution in [1.29, 1.82) is 0 Å². The Bertz CT molecular complexity index is 739. The van der Waals surface area contributed by atoms with E-state index in [0.29, 0.717) is 11.0 Å². The van der Waals surface area contributed by atoms with Gasteiger partial charge in [0.1, 0.15) is 12.6 Å². The maximum Gasteiger partial charge on any atom is 0.312 e. The fourth-order valence-electron chi connectivity index (χ4n) is 2.87. The summed E-state index contributed by atoms with van der Waals surface area (Å²) in [4.78, 5) is 23.3. The van der Waals surface area contributed by atoms with Gasteiger partial charge in [-0.3, -0.25) is 9.59 Å². The van der Waals surface area contributed by atoms with Gasteiger partial charge in [-0.25, -0.2) is 0 Å². The summed E-state index contributed by atoms with van der Waals surface area (Å²) in [5, 5.41) is 9.84. The van der Waals surface area contributed by atoms with Gasteiger partial charge in [0.15, 0.2) is 0 Å². The molecule has 0 aromatic heterocycles. The summed E-state index contributed by atoms with van der Waals surface area (Å²) in [7, 11) is 5.77. The van der Waals surface area contributed by atoms with Crippen molar-refractivity contribution in [3.8, 4) is 0 Å². The smallest absolute Gasteiger partial charge is 0.312 e. The van der Waals surface area contributed by atoms with Gasteiger partial charge in [0.2, 0.25) is 6.79 Å². The molecule has 1 atom stereocenters. The number of aliphatic hydroxyl groups is 1. The van der Waals surface area contributed by atoms with Crippen molar-refractivity contribution in [1.82, 2.24) is 0 Å². The van der Waals surface area contributed by atoms with Gasteiger partial charge in [0.05, 0.1) is 34.0 Å². The van der Waals surface area contributed by atoms with Crippen LogP contribution in [0.2, 0.25) is 0 Å². The number of hydrogen-bond acceptors (Lipinski definition) is 5. The van der Waals surface area contributed by atoms with E-state index in [2.05, 4.69) is 61.6 Å². The second-order valence-corrected chi connectivity index (χ2v) is 9.10. The van der Waals surface area contributed by atoms with Crippen LogP contribution in [-0.2, 0) is 19.1 Å². The summed E-state index contributed by atoms with van der Waals surface area (Å²) in [6.45, 7) is 2.13. The summed E-state index contributed by atoms with van der Waals surface area (Å²) in [5.74, 6) is -1.06. The molecular weight excluding hydrogens is 442 g/mol. The van der Waals surface area contributed by atoms with Crippen LogP contribution in [0.3, 0.4) is 0 Å². The molecule has 35 heavy (non-hydrogen) atoms. The predicted octanol–water partition coefficient (Wildman–Crippen LogP) is 5.58. The van der Waals surface area contributed by atoms with Crippen molar-refractivity contribution in [3.63, 3.8) is 0 Å². The molecule has 6 heteroatoms. The number of aliphatic hydroxyl groups excluding tert-OH is 1. The molecule has 0 spiro atoms. The third kappa shape index (κ3) is 25.8. The summed E-state index contributed by atoms with van der Waals surface area (Å²) in [6, 6.07) is 0. The van der Waals surface area contributed by atoms with E-state index in [9.17, 15) is 14.7 Å². The Kier molecular flexibility index (Phi) is 20.1. The summed E-state index contributed by atoms with van der Waals surface area (Å²) < 4.78 is 10.2. The first-order chi connectivity index (χ1) is 16.7. The number of hydrogen-bond donors (Lipinski definition) is 1. The Morgan fingerprint density at radius 1 is 0.686 bits per heavy atom. The van der Waals surface area contributed by atoms with Crippen LogP contribution in [0, 0.1) is 0 Å². The molecule has 6 nitrogen and oxygen atoms in total. The molecule has 196 valence electrons. The van der Waals surface area contributed by atoms with E-state index < -0.39 is 24.8 Å². The highest BCUT2D eigenvalue weighted by molar-refractivity contribution is 5.72. The van der Waals surface area contributed by atoms with Gasteiger partial charge in [-0.15, -0.1) is 0 Å². The van der Waals surface area contributed by atoms with Gasteiger partial charge in [-0.2, -0.15) is 0 Å². The zero-order valence-corrected chi connectivity index (χ0v) is 22.1. The molecule has 0 rings (SSSR count). The van der Waals surface area contributed by atoms with Crippen molar-refractivity contribution in [3.05, 3.63) is 72.9 Å². The lowest BCUT2D eigenvalue weighted by atomic mass is 10.2.